The third-order valence-corrected chi connectivity index (χ3v) is 4.97. The van der Waals surface area contributed by atoms with Crippen molar-refractivity contribution in [2.45, 2.75) is 31.7 Å². The van der Waals surface area contributed by atoms with Crippen molar-refractivity contribution in [3.05, 3.63) is 47.8 Å². The standard InChI is InChI=1S/C20H22N2O3/c23-7-5-18(13-1-2-13)22-20(24)17-10-16(11-21-12-17)14-3-4-19-15(9-14)6-8-25-19/h3-4,9-13,18,23H,1-2,5-8H2,(H,22,24). The molecule has 1 amide bonds. The van der Waals surface area contributed by atoms with E-state index in [4.69, 9.17) is 4.74 Å². The first-order valence-corrected chi connectivity index (χ1v) is 8.87. The maximum absolute atomic E-state index is 12.6. The molecule has 1 fully saturated rings. The third-order valence-electron chi connectivity index (χ3n) is 4.97. The van der Waals surface area contributed by atoms with Gasteiger partial charge in [-0.25, -0.2) is 0 Å². The van der Waals surface area contributed by atoms with Crippen molar-refractivity contribution < 1.29 is 14.6 Å². The molecule has 0 bridgehead atoms. The quantitative estimate of drug-likeness (QED) is 0.849. The van der Waals surface area contributed by atoms with Gasteiger partial charge in [0.1, 0.15) is 5.75 Å². The Labute approximate surface area is 147 Å². The molecular formula is C20H22N2O3. The normalized spacial score (nSPS) is 16.8. The Morgan fingerprint density at radius 3 is 2.96 bits per heavy atom. The molecule has 2 N–H and O–H groups in total. The molecule has 2 aliphatic rings. The van der Waals surface area contributed by atoms with Gasteiger partial charge in [0, 0.05) is 37.0 Å². The van der Waals surface area contributed by atoms with Crippen LogP contribution in [0.1, 0.15) is 35.2 Å². The van der Waals surface area contributed by atoms with Crippen molar-refractivity contribution in [1.29, 1.82) is 0 Å². The molecule has 1 aliphatic heterocycles. The van der Waals surface area contributed by atoms with Gasteiger partial charge < -0.3 is 15.2 Å². The van der Waals surface area contributed by atoms with Crippen molar-refractivity contribution in [1.82, 2.24) is 10.3 Å². The molecule has 1 aromatic carbocycles. The van der Waals surface area contributed by atoms with Crippen LogP contribution >= 0.6 is 0 Å². The van der Waals surface area contributed by atoms with Gasteiger partial charge in [-0.15, -0.1) is 0 Å². The molecule has 1 atom stereocenters. The average molecular weight is 338 g/mol. The Balaban J connectivity index is 1.53. The molecule has 5 nitrogen and oxygen atoms in total. The zero-order chi connectivity index (χ0) is 17.2. The van der Waals surface area contributed by atoms with Crippen LogP contribution in [-0.4, -0.2) is 35.3 Å². The number of carbonyl (C=O) groups is 1. The van der Waals surface area contributed by atoms with Gasteiger partial charge in [-0.05, 0) is 54.5 Å². The highest BCUT2D eigenvalue weighted by molar-refractivity contribution is 5.95. The Kier molecular flexibility index (Phi) is 4.40. The Morgan fingerprint density at radius 1 is 1.28 bits per heavy atom. The molecule has 25 heavy (non-hydrogen) atoms. The largest absolute Gasteiger partial charge is 0.493 e. The number of pyridine rings is 1. The summed E-state index contributed by atoms with van der Waals surface area (Å²) in [7, 11) is 0. The zero-order valence-electron chi connectivity index (χ0n) is 14.1. The first kappa shape index (κ1) is 16.1. The van der Waals surface area contributed by atoms with E-state index in [1.165, 1.54) is 5.56 Å². The van der Waals surface area contributed by atoms with E-state index in [0.717, 1.165) is 42.7 Å². The summed E-state index contributed by atoms with van der Waals surface area (Å²) in [5.41, 5.74) is 3.72. The number of ether oxygens (including phenoxy) is 1. The molecule has 2 heterocycles. The van der Waals surface area contributed by atoms with Crippen LogP contribution in [0, 0.1) is 5.92 Å². The van der Waals surface area contributed by atoms with Gasteiger partial charge in [0.2, 0.25) is 0 Å². The number of aliphatic hydroxyl groups excluding tert-OH is 1. The number of fused-ring (bicyclic) bond motifs is 1. The molecule has 1 unspecified atom stereocenters. The van der Waals surface area contributed by atoms with Gasteiger partial charge >= 0.3 is 0 Å². The number of hydrogen-bond acceptors (Lipinski definition) is 4. The summed E-state index contributed by atoms with van der Waals surface area (Å²) in [6.45, 7) is 0.823. The average Bonchev–Trinajstić information content (AvgIpc) is 3.38. The van der Waals surface area contributed by atoms with Crippen LogP contribution in [-0.2, 0) is 6.42 Å². The van der Waals surface area contributed by atoms with Crippen LogP contribution < -0.4 is 10.1 Å². The number of aromatic nitrogens is 1. The van der Waals surface area contributed by atoms with Crippen LogP contribution in [0.4, 0.5) is 0 Å². The lowest BCUT2D eigenvalue weighted by Crippen LogP contribution is -2.37. The minimum atomic E-state index is -0.121. The lowest BCUT2D eigenvalue weighted by atomic mass is 10.0. The maximum atomic E-state index is 12.6. The number of aliphatic hydroxyl groups is 1. The molecule has 0 saturated heterocycles. The lowest BCUT2D eigenvalue weighted by molar-refractivity contribution is 0.0924. The minimum Gasteiger partial charge on any atom is -0.493 e. The Morgan fingerprint density at radius 2 is 2.16 bits per heavy atom. The maximum Gasteiger partial charge on any atom is 0.253 e. The summed E-state index contributed by atoms with van der Waals surface area (Å²) in [6, 6.07) is 8.03. The van der Waals surface area contributed by atoms with E-state index >= 15 is 0 Å². The number of rotatable bonds is 6. The zero-order valence-corrected chi connectivity index (χ0v) is 14.1. The summed E-state index contributed by atoms with van der Waals surface area (Å²) in [5.74, 6) is 1.33. The van der Waals surface area contributed by atoms with Crippen LogP contribution in [0.15, 0.2) is 36.7 Å². The van der Waals surface area contributed by atoms with Gasteiger partial charge in [-0.3, -0.25) is 9.78 Å². The molecule has 1 saturated carbocycles. The smallest absolute Gasteiger partial charge is 0.253 e. The number of nitrogens with one attached hydrogen (secondary N) is 1. The molecular weight excluding hydrogens is 316 g/mol. The summed E-state index contributed by atoms with van der Waals surface area (Å²) in [5, 5.41) is 12.3. The van der Waals surface area contributed by atoms with Gasteiger partial charge in [-0.1, -0.05) is 6.07 Å². The summed E-state index contributed by atoms with van der Waals surface area (Å²) >= 11 is 0. The summed E-state index contributed by atoms with van der Waals surface area (Å²) < 4.78 is 5.55. The van der Waals surface area contributed by atoms with Crippen LogP contribution in [0.2, 0.25) is 0 Å². The van der Waals surface area contributed by atoms with Gasteiger partial charge in [0.25, 0.3) is 5.91 Å². The molecule has 0 spiro atoms. The highest BCUT2D eigenvalue weighted by Gasteiger charge is 2.32. The van der Waals surface area contributed by atoms with E-state index in [-0.39, 0.29) is 18.6 Å². The van der Waals surface area contributed by atoms with E-state index in [0.29, 0.717) is 17.9 Å². The Bertz CT molecular complexity index is 786. The van der Waals surface area contributed by atoms with E-state index in [1.54, 1.807) is 12.4 Å². The van der Waals surface area contributed by atoms with Crippen LogP contribution in [0.3, 0.4) is 0 Å². The second kappa shape index (κ2) is 6.84. The predicted octanol–water partition coefficient (Wildman–Crippen LogP) is 2.57. The lowest BCUT2D eigenvalue weighted by Gasteiger charge is -2.17. The van der Waals surface area contributed by atoms with E-state index in [1.807, 2.05) is 18.2 Å². The number of amides is 1. The first-order valence-electron chi connectivity index (χ1n) is 8.87. The van der Waals surface area contributed by atoms with Crippen molar-refractivity contribution in [2.24, 2.45) is 5.92 Å². The van der Waals surface area contributed by atoms with Gasteiger partial charge in [0.05, 0.1) is 12.2 Å². The van der Waals surface area contributed by atoms with Crippen LogP contribution in [0.5, 0.6) is 5.75 Å². The second-order valence-electron chi connectivity index (χ2n) is 6.81. The second-order valence-corrected chi connectivity index (χ2v) is 6.81. The van der Waals surface area contributed by atoms with E-state index in [9.17, 15) is 9.90 Å². The molecule has 0 radical (unpaired) electrons. The fourth-order valence-electron chi connectivity index (χ4n) is 3.40. The number of nitrogens with zero attached hydrogens (tertiary/aromatic N) is 1. The SMILES string of the molecule is O=C(NC(CCO)C1CC1)c1cncc(-c2ccc3c(c2)CCO3)c1. The fourth-order valence-corrected chi connectivity index (χ4v) is 3.40. The van der Waals surface area contributed by atoms with E-state index in [2.05, 4.69) is 16.4 Å². The Hall–Kier alpha value is -2.40. The number of hydrogen-bond donors (Lipinski definition) is 2. The van der Waals surface area contributed by atoms with Crippen LogP contribution in [0.25, 0.3) is 11.1 Å². The fraction of sp³-hybridized carbons (Fsp3) is 0.400. The topological polar surface area (TPSA) is 71.5 Å². The molecule has 130 valence electrons. The predicted molar refractivity (Wildman–Crippen MR) is 94.6 cm³/mol. The summed E-state index contributed by atoms with van der Waals surface area (Å²) in [6.07, 6.45) is 7.15. The summed E-state index contributed by atoms with van der Waals surface area (Å²) in [4.78, 5) is 16.8. The third kappa shape index (κ3) is 3.51. The van der Waals surface area contributed by atoms with Gasteiger partial charge in [0.15, 0.2) is 0 Å². The van der Waals surface area contributed by atoms with Crippen molar-refractivity contribution in [3.8, 4) is 16.9 Å². The molecule has 1 aliphatic carbocycles. The van der Waals surface area contributed by atoms with Crippen molar-refractivity contribution in [2.75, 3.05) is 13.2 Å². The van der Waals surface area contributed by atoms with Crippen molar-refractivity contribution in [3.63, 3.8) is 0 Å². The van der Waals surface area contributed by atoms with Crippen molar-refractivity contribution >= 4 is 5.91 Å². The number of benzene rings is 1. The molecule has 1 aromatic heterocycles. The molecule has 5 heteroatoms. The monoisotopic (exact) mass is 338 g/mol. The highest BCUT2D eigenvalue weighted by atomic mass is 16.5. The molecule has 4 rings (SSSR count). The minimum absolute atomic E-state index is 0.0540. The van der Waals surface area contributed by atoms with Gasteiger partial charge in [-0.2, -0.15) is 0 Å². The molecule has 2 aromatic rings. The number of carbonyl (C=O) groups excluding carboxylic acids is 1. The highest BCUT2D eigenvalue weighted by Crippen LogP contribution is 2.34. The first-order chi connectivity index (χ1) is 12.2. The van der Waals surface area contributed by atoms with E-state index < -0.39 is 0 Å².